The average Bonchev–Trinajstić information content (AvgIpc) is 2.14. The van der Waals surface area contributed by atoms with Gasteiger partial charge in [0.25, 0.3) is 0 Å². The van der Waals surface area contributed by atoms with Crippen molar-refractivity contribution in [2.24, 2.45) is 11.3 Å². The van der Waals surface area contributed by atoms with E-state index in [9.17, 15) is 0 Å². The van der Waals surface area contributed by atoms with Crippen LogP contribution in [0.15, 0.2) is 0 Å². The Labute approximate surface area is 86.6 Å². The number of nitrogens with zero attached hydrogens (tertiary/aromatic N) is 2. The highest BCUT2D eigenvalue weighted by atomic mass is 16.7. The Morgan fingerprint density at radius 3 is 2.57 bits per heavy atom. The lowest BCUT2D eigenvalue weighted by molar-refractivity contribution is -0.188. The van der Waals surface area contributed by atoms with Crippen LogP contribution in [-0.2, 0) is 4.84 Å². The molecule has 0 amide bonds. The first-order chi connectivity index (χ1) is 6.54. The molecule has 0 N–H and O–H groups in total. The number of hydroxylamine groups is 2. The molecule has 1 atom stereocenters. The molecule has 14 heavy (non-hydrogen) atoms. The minimum Gasteiger partial charge on any atom is -0.299 e. The lowest BCUT2D eigenvalue weighted by Gasteiger charge is -2.32. The Kier molecular flexibility index (Phi) is 3.91. The van der Waals surface area contributed by atoms with Crippen molar-refractivity contribution in [3.8, 4) is 6.07 Å². The molecule has 0 saturated carbocycles. The van der Waals surface area contributed by atoms with Crippen LogP contribution in [0, 0.1) is 22.7 Å². The van der Waals surface area contributed by atoms with Crippen molar-refractivity contribution in [1.29, 1.82) is 5.26 Å². The summed E-state index contributed by atoms with van der Waals surface area (Å²) >= 11 is 0. The van der Waals surface area contributed by atoms with E-state index in [-0.39, 0.29) is 11.3 Å². The van der Waals surface area contributed by atoms with Crippen molar-refractivity contribution in [1.82, 2.24) is 5.06 Å². The summed E-state index contributed by atoms with van der Waals surface area (Å²) in [6.45, 7) is 8.82. The predicted molar refractivity (Wildman–Crippen MR) is 55.3 cm³/mol. The van der Waals surface area contributed by atoms with Gasteiger partial charge in [0.15, 0.2) is 0 Å². The Morgan fingerprint density at radius 1 is 1.43 bits per heavy atom. The first-order valence-electron chi connectivity index (χ1n) is 5.31. The highest BCUT2D eigenvalue weighted by molar-refractivity contribution is 4.92. The lowest BCUT2D eigenvalue weighted by Crippen LogP contribution is -2.37. The van der Waals surface area contributed by atoms with E-state index in [4.69, 9.17) is 10.1 Å². The molecule has 0 aromatic rings. The van der Waals surface area contributed by atoms with Gasteiger partial charge in [-0.15, -0.1) is 0 Å². The molecule has 1 rings (SSSR count). The maximum Gasteiger partial charge on any atom is 0.0685 e. The molecular weight excluding hydrogens is 176 g/mol. The van der Waals surface area contributed by atoms with Crippen LogP contribution < -0.4 is 0 Å². The molecule has 1 aliphatic rings. The number of rotatable bonds is 2. The summed E-state index contributed by atoms with van der Waals surface area (Å²) in [4.78, 5) is 5.49. The van der Waals surface area contributed by atoms with Gasteiger partial charge >= 0.3 is 0 Å². The van der Waals surface area contributed by atoms with Crippen molar-refractivity contribution in [3.63, 3.8) is 0 Å². The standard InChI is InChI=1S/C11H20N2O/c1-11(2,3)10(8-12)9-13-6-4-5-7-14-13/h10H,4-7,9H2,1-3H3. The van der Waals surface area contributed by atoms with Crippen LogP contribution in [0.5, 0.6) is 0 Å². The van der Waals surface area contributed by atoms with Gasteiger partial charge in [0.05, 0.1) is 18.6 Å². The molecule has 0 aromatic carbocycles. The second-order valence-corrected chi connectivity index (χ2v) is 4.98. The Bertz CT molecular complexity index is 208. The van der Waals surface area contributed by atoms with E-state index in [0.717, 1.165) is 26.1 Å². The highest BCUT2D eigenvalue weighted by Crippen LogP contribution is 2.26. The number of hydrogen-bond donors (Lipinski definition) is 0. The van der Waals surface area contributed by atoms with E-state index in [1.165, 1.54) is 6.42 Å². The zero-order valence-electron chi connectivity index (χ0n) is 9.42. The summed E-state index contributed by atoms with van der Waals surface area (Å²) in [7, 11) is 0. The first kappa shape index (κ1) is 11.5. The summed E-state index contributed by atoms with van der Waals surface area (Å²) in [5, 5.41) is 11.0. The SMILES string of the molecule is CC(C)(C)C(C#N)CN1CCCCO1. The molecular formula is C11H20N2O. The minimum absolute atomic E-state index is 0.0373. The molecule has 0 aliphatic carbocycles. The number of hydrogen-bond acceptors (Lipinski definition) is 3. The summed E-state index contributed by atoms with van der Waals surface area (Å²) in [5.74, 6) is 0.0422. The molecule has 0 radical (unpaired) electrons. The first-order valence-corrected chi connectivity index (χ1v) is 5.31. The third-order valence-electron chi connectivity index (χ3n) is 2.66. The van der Waals surface area contributed by atoms with Crippen molar-refractivity contribution < 1.29 is 4.84 Å². The molecule has 3 heteroatoms. The third-order valence-corrected chi connectivity index (χ3v) is 2.66. The predicted octanol–water partition coefficient (Wildman–Crippen LogP) is 2.20. The van der Waals surface area contributed by atoms with Gasteiger partial charge in [0.2, 0.25) is 0 Å². The van der Waals surface area contributed by atoms with Gasteiger partial charge < -0.3 is 0 Å². The molecule has 1 unspecified atom stereocenters. The van der Waals surface area contributed by atoms with E-state index in [0.29, 0.717) is 0 Å². The fourth-order valence-corrected chi connectivity index (χ4v) is 1.50. The smallest absolute Gasteiger partial charge is 0.0685 e. The minimum atomic E-state index is 0.0373. The second-order valence-electron chi connectivity index (χ2n) is 4.98. The zero-order valence-corrected chi connectivity index (χ0v) is 9.42. The second kappa shape index (κ2) is 4.77. The van der Waals surface area contributed by atoms with Gasteiger partial charge in [-0.2, -0.15) is 10.3 Å². The van der Waals surface area contributed by atoms with Crippen LogP contribution in [0.1, 0.15) is 33.6 Å². The van der Waals surface area contributed by atoms with Crippen molar-refractivity contribution in [3.05, 3.63) is 0 Å². The maximum atomic E-state index is 9.06. The molecule has 1 fully saturated rings. The van der Waals surface area contributed by atoms with E-state index in [1.54, 1.807) is 0 Å². The normalized spacial score (nSPS) is 21.6. The monoisotopic (exact) mass is 196 g/mol. The van der Waals surface area contributed by atoms with Gasteiger partial charge in [0, 0.05) is 13.1 Å². The van der Waals surface area contributed by atoms with E-state index in [1.807, 2.05) is 5.06 Å². The lowest BCUT2D eigenvalue weighted by atomic mass is 9.81. The van der Waals surface area contributed by atoms with Gasteiger partial charge in [-0.3, -0.25) is 4.84 Å². The van der Waals surface area contributed by atoms with Gasteiger partial charge in [-0.1, -0.05) is 20.8 Å². The quantitative estimate of drug-likeness (QED) is 0.679. The Morgan fingerprint density at radius 2 is 2.14 bits per heavy atom. The fraction of sp³-hybridized carbons (Fsp3) is 0.909. The van der Waals surface area contributed by atoms with E-state index in [2.05, 4.69) is 26.8 Å². The largest absolute Gasteiger partial charge is 0.299 e. The van der Waals surface area contributed by atoms with Crippen LogP contribution in [-0.4, -0.2) is 24.8 Å². The summed E-state index contributed by atoms with van der Waals surface area (Å²) in [6.07, 6.45) is 2.32. The van der Waals surface area contributed by atoms with E-state index < -0.39 is 0 Å². The summed E-state index contributed by atoms with van der Waals surface area (Å²) < 4.78 is 0. The summed E-state index contributed by atoms with van der Waals surface area (Å²) in [6, 6.07) is 2.37. The molecule has 0 spiro atoms. The molecule has 1 saturated heterocycles. The van der Waals surface area contributed by atoms with Crippen LogP contribution in [0.3, 0.4) is 0 Å². The molecule has 80 valence electrons. The van der Waals surface area contributed by atoms with Crippen LogP contribution in [0.2, 0.25) is 0 Å². The van der Waals surface area contributed by atoms with Crippen LogP contribution in [0.4, 0.5) is 0 Å². The van der Waals surface area contributed by atoms with Crippen molar-refractivity contribution in [2.75, 3.05) is 19.7 Å². The fourth-order valence-electron chi connectivity index (χ4n) is 1.50. The summed E-state index contributed by atoms with van der Waals surface area (Å²) in [5.41, 5.74) is 0.0373. The maximum absolute atomic E-state index is 9.06. The van der Waals surface area contributed by atoms with Crippen LogP contribution >= 0.6 is 0 Å². The number of nitriles is 1. The topological polar surface area (TPSA) is 36.3 Å². The average molecular weight is 196 g/mol. The molecule has 1 heterocycles. The van der Waals surface area contributed by atoms with Gasteiger partial charge in [-0.25, -0.2) is 0 Å². The Balaban J connectivity index is 2.44. The van der Waals surface area contributed by atoms with Crippen molar-refractivity contribution in [2.45, 2.75) is 33.6 Å². The van der Waals surface area contributed by atoms with Gasteiger partial charge in [-0.05, 0) is 18.3 Å². The van der Waals surface area contributed by atoms with Crippen molar-refractivity contribution >= 4 is 0 Å². The molecule has 0 bridgehead atoms. The van der Waals surface area contributed by atoms with Crippen LogP contribution in [0.25, 0.3) is 0 Å². The third kappa shape index (κ3) is 3.28. The Hall–Kier alpha value is -0.590. The van der Waals surface area contributed by atoms with Gasteiger partial charge in [0.1, 0.15) is 0 Å². The zero-order chi connectivity index (χ0) is 10.6. The molecule has 1 aliphatic heterocycles. The molecule has 3 nitrogen and oxygen atoms in total. The highest BCUT2D eigenvalue weighted by Gasteiger charge is 2.27. The van der Waals surface area contributed by atoms with E-state index >= 15 is 0 Å². The molecule has 0 aromatic heterocycles.